The van der Waals surface area contributed by atoms with Gasteiger partial charge in [0, 0.05) is 6.04 Å². The number of nitrogens with one attached hydrogen (secondary N) is 1. The summed E-state index contributed by atoms with van der Waals surface area (Å²) in [4.78, 5) is 0. The Labute approximate surface area is 131 Å². The van der Waals surface area contributed by atoms with Crippen LogP contribution in [0.25, 0.3) is 0 Å². The van der Waals surface area contributed by atoms with Crippen LogP contribution in [-0.2, 0) is 0 Å². The van der Waals surface area contributed by atoms with Crippen LogP contribution in [0.1, 0.15) is 60.8 Å². The molecule has 0 amide bonds. The van der Waals surface area contributed by atoms with Crippen LogP contribution in [0.5, 0.6) is 0 Å². The molecule has 0 aromatic rings. The molecule has 21 heavy (non-hydrogen) atoms. The molecule has 0 saturated carbocycles. The fourth-order valence-electron chi connectivity index (χ4n) is 2.92. The van der Waals surface area contributed by atoms with Gasteiger partial charge in [0.25, 0.3) is 0 Å². The lowest BCUT2D eigenvalue weighted by Crippen LogP contribution is -2.39. The molecule has 0 saturated heterocycles. The first kappa shape index (κ1) is 18.4. The van der Waals surface area contributed by atoms with Gasteiger partial charge in [0.1, 0.15) is 0 Å². The van der Waals surface area contributed by atoms with E-state index in [1.165, 1.54) is 5.57 Å². The molecule has 2 heteroatoms. The number of allylic oxidation sites excluding steroid dienone is 4. The van der Waals surface area contributed by atoms with Gasteiger partial charge in [0.15, 0.2) is 0 Å². The van der Waals surface area contributed by atoms with Crippen molar-refractivity contribution < 1.29 is 5.11 Å². The van der Waals surface area contributed by atoms with Gasteiger partial charge in [-0.3, -0.25) is 0 Å². The average molecular weight is 293 g/mol. The molecular weight excluding hydrogens is 258 g/mol. The summed E-state index contributed by atoms with van der Waals surface area (Å²) < 4.78 is 0. The molecule has 2 nitrogen and oxygen atoms in total. The first-order valence-corrected chi connectivity index (χ1v) is 8.51. The van der Waals surface area contributed by atoms with Crippen molar-refractivity contribution in [1.29, 1.82) is 0 Å². The molecule has 0 aromatic carbocycles. The Morgan fingerprint density at radius 1 is 1.33 bits per heavy atom. The maximum Gasteiger partial charge on any atom is 0.0606 e. The zero-order valence-electron chi connectivity index (χ0n) is 14.8. The zero-order valence-corrected chi connectivity index (χ0v) is 14.8. The molecule has 0 spiro atoms. The van der Waals surface area contributed by atoms with E-state index in [1.54, 1.807) is 0 Å². The van der Waals surface area contributed by atoms with Gasteiger partial charge in [-0.2, -0.15) is 0 Å². The second kappa shape index (κ2) is 8.14. The molecule has 0 aliphatic heterocycles. The molecule has 2 unspecified atom stereocenters. The van der Waals surface area contributed by atoms with Gasteiger partial charge < -0.3 is 10.4 Å². The Morgan fingerprint density at radius 3 is 2.48 bits per heavy atom. The van der Waals surface area contributed by atoms with Crippen LogP contribution in [0, 0.1) is 17.8 Å². The third-order valence-electron chi connectivity index (χ3n) is 4.11. The van der Waals surface area contributed by atoms with Crippen LogP contribution in [0.4, 0.5) is 0 Å². The highest BCUT2D eigenvalue weighted by molar-refractivity contribution is 5.25. The van der Waals surface area contributed by atoms with E-state index in [0.29, 0.717) is 23.8 Å². The van der Waals surface area contributed by atoms with Crippen molar-refractivity contribution in [2.45, 2.75) is 72.4 Å². The highest BCUT2D eigenvalue weighted by Gasteiger charge is 2.23. The number of aliphatic hydroxyl groups is 1. The third-order valence-corrected chi connectivity index (χ3v) is 4.11. The molecular formula is C19H35NO. The van der Waals surface area contributed by atoms with Gasteiger partial charge in [-0.25, -0.2) is 0 Å². The Hall–Kier alpha value is -0.600. The number of rotatable bonds is 8. The predicted octanol–water partition coefficient (Wildman–Crippen LogP) is 4.31. The molecule has 0 radical (unpaired) electrons. The lowest BCUT2D eigenvalue weighted by atomic mass is 9.85. The maximum atomic E-state index is 10.1. The van der Waals surface area contributed by atoms with Crippen LogP contribution >= 0.6 is 0 Å². The summed E-state index contributed by atoms with van der Waals surface area (Å²) >= 11 is 0. The van der Waals surface area contributed by atoms with E-state index in [9.17, 15) is 5.11 Å². The molecule has 2 N–H and O–H groups in total. The highest BCUT2D eigenvalue weighted by atomic mass is 16.3. The second-order valence-corrected chi connectivity index (χ2v) is 7.93. The van der Waals surface area contributed by atoms with E-state index < -0.39 is 5.60 Å². The summed E-state index contributed by atoms with van der Waals surface area (Å²) in [6.07, 6.45) is 10.0. The molecule has 1 aliphatic rings. The SMILES string of the molecule is CC(C)CNC(C[C@H](C)C1=CCC(C)C=C1)CC(C)(C)O. The molecule has 1 rings (SSSR count). The molecule has 0 aromatic heterocycles. The average Bonchev–Trinajstić information content (AvgIpc) is 2.34. The van der Waals surface area contributed by atoms with E-state index in [0.717, 1.165) is 25.8 Å². The lowest BCUT2D eigenvalue weighted by Gasteiger charge is -2.29. The van der Waals surface area contributed by atoms with Crippen molar-refractivity contribution in [2.75, 3.05) is 6.54 Å². The van der Waals surface area contributed by atoms with Crippen LogP contribution in [0.2, 0.25) is 0 Å². The van der Waals surface area contributed by atoms with Crippen LogP contribution < -0.4 is 5.32 Å². The third kappa shape index (κ3) is 7.82. The largest absolute Gasteiger partial charge is 0.390 e. The van der Waals surface area contributed by atoms with Crippen molar-refractivity contribution in [3.63, 3.8) is 0 Å². The standard InChI is InChI=1S/C19H35NO/c1-14(2)13-20-18(12-19(5,6)21)11-16(4)17-9-7-15(3)8-10-17/h7,9-10,14-16,18,20-21H,8,11-13H2,1-6H3/t15?,16-,18?/m0/s1. The summed E-state index contributed by atoms with van der Waals surface area (Å²) in [6.45, 7) is 13.8. The molecule has 1 aliphatic carbocycles. The van der Waals surface area contributed by atoms with Crippen molar-refractivity contribution in [3.8, 4) is 0 Å². The first-order valence-electron chi connectivity index (χ1n) is 8.51. The van der Waals surface area contributed by atoms with Crippen LogP contribution in [0.15, 0.2) is 23.8 Å². The minimum absolute atomic E-state index is 0.371. The number of hydrogen-bond donors (Lipinski definition) is 2. The number of hydrogen-bond acceptors (Lipinski definition) is 2. The monoisotopic (exact) mass is 293 g/mol. The molecule has 0 heterocycles. The quantitative estimate of drug-likeness (QED) is 0.699. The first-order chi connectivity index (χ1) is 9.67. The molecule has 0 fully saturated rings. The molecule has 122 valence electrons. The fourth-order valence-corrected chi connectivity index (χ4v) is 2.92. The van der Waals surface area contributed by atoms with Gasteiger partial charge in [-0.15, -0.1) is 0 Å². The topological polar surface area (TPSA) is 32.3 Å². The van der Waals surface area contributed by atoms with E-state index in [2.05, 4.69) is 51.2 Å². The van der Waals surface area contributed by atoms with Crippen LogP contribution in [-0.4, -0.2) is 23.3 Å². The van der Waals surface area contributed by atoms with Crippen molar-refractivity contribution in [3.05, 3.63) is 23.8 Å². The highest BCUT2D eigenvalue weighted by Crippen LogP contribution is 2.26. The lowest BCUT2D eigenvalue weighted by molar-refractivity contribution is 0.0563. The van der Waals surface area contributed by atoms with Gasteiger partial charge in [-0.05, 0) is 63.0 Å². The van der Waals surface area contributed by atoms with E-state index in [1.807, 2.05) is 13.8 Å². The van der Waals surface area contributed by atoms with Gasteiger partial charge in [0.2, 0.25) is 0 Å². The van der Waals surface area contributed by atoms with Gasteiger partial charge >= 0.3 is 0 Å². The summed E-state index contributed by atoms with van der Waals surface area (Å²) in [5.41, 5.74) is 0.847. The minimum atomic E-state index is -0.611. The van der Waals surface area contributed by atoms with Gasteiger partial charge in [-0.1, -0.05) is 45.9 Å². The molecule has 0 bridgehead atoms. The predicted molar refractivity (Wildman–Crippen MR) is 92.3 cm³/mol. The summed E-state index contributed by atoms with van der Waals surface area (Å²) in [6, 6.07) is 0.371. The smallest absolute Gasteiger partial charge is 0.0606 e. The summed E-state index contributed by atoms with van der Waals surface area (Å²) in [5, 5.41) is 13.8. The molecule has 3 atom stereocenters. The Kier molecular flexibility index (Phi) is 7.15. The van der Waals surface area contributed by atoms with Crippen molar-refractivity contribution >= 4 is 0 Å². The Bertz CT molecular complexity index is 362. The fraction of sp³-hybridized carbons (Fsp3) is 0.789. The van der Waals surface area contributed by atoms with Crippen molar-refractivity contribution in [2.24, 2.45) is 17.8 Å². The van der Waals surface area contributed by atoms with E-state index >= 15 is 0 Å². The maximum absolute atomic E-state index is 10.1. The minimum Gasteiger partial charge on any atom is -0.390 e. The Morgan fingerprint density at radius 2 is 2.00 bits per heavy atom. The van der Waals surface area contributed by atoms with Crippen LogP contribution in [0.3, 0.4) is 0 Å². The zero-order chi connectivity index (χ0) is 16.0. The van der Waals surface area contributed by atoms with E-state index in [4.69, 9.17) is 0 Å². The summed E-state index contributed by atoms with van der Waals surface area (Å²) in [7, 11) is 0. The normalized spacial score (nSPS) is 22.3. The van der Waals surface area contributed by atoms with Gasteiger partial charge in [0.05, 0.1) is 5.60 Å². The second-order valence-electron chi connectivity index (χ2n) is 7.93. The Balaban J connectivity index is 2.60. The van der Waals surface area contributed by atoms with Crippen molar-refractivity contribution in [1.82, 2.24) is 5.32 Å². The van der Waals surface area contributed by atoms with E-state index in [-0.39, 0.29) is 0 Å². The summed E-state index contributed by atoms with van der Waals surface area (Å²) in [5.74, 6) is 1.85.